The number of benzene rings is 2. The van der Waals surface area contributed by atoms with E-state index in [9.17, 15) is 0 Å². The Balaban J connectivity index is 0.000000452. The van der Waals surface area contributed by atoms with Crippen molar-refractivity contribution >= 4 is 5.69 Å². The van der Waals surface area contributed by atoms with Crippen molar-refractivity contribution in [1.82, 2.24) is 0 Å². The summed E-state index contributed by atoms with van der Waals surface area (Å²) in [4.78, 5) is 2.24. The van der Waals surface area contributed by atoms with E-state index in [1.807, 2.05) is 12.1 Å². The molecule has 1 heterocycles. The van der Waals surface area contributed by atoms with E-state index in [0.29, 0.717) is 6.73 Å². The van der Waals surface area contributed by atoms with Crippen LogP contribution >= 0.6 is 0 Å². The number of nitrogens with zero attached hydrogens (tertiary/aromatic N) is 1. The second-order valence-electron chi connectivity index (χ2n) is 5.12. The number of aryl methyl sites for hydroxylation is 1. The summed E-state index contributed by atoms with van der Waals surface area (Å²) in [7, 11) is 0. The van der Waals surface area contributed by atoms with Crippen LogP contribution in [0, 0.1) is 6.92 Å². The Morgan fingerprint density at radius 1 is 1.00 bits per heavy atom. The van der Waals surface area contributed by atoms with Gasteiger partial charge in [0.05, 0.1) is 0 Å². The summed E-state index contributed by atoms with van der Waals surface area (Å²) >= 11 is 0. The lowest BCUT2D eigenvalue weighted by Gasteiger charge is -2.30. The van der Waals surface area contributed by atoms with Crippen LogP contribution in [-0.2, 0) is 6.54 Å². The minimum atomic E-state index is 0.625. The maximum atomic E-state index is 5.75. The van der Waals surface area contributed by atoms with E-state index in [0.717, 1.165) is 12.3 Å². The van der Waals surface area contributed by atoms with Crippen molar-refractivity contribution in [2.75, 3.05) is 11.6 Å². The van der Waals surface area contributed by atoms with Gasteiger partial charge in [0.15, 0.2) is 6.73 Å². The molecule has 0 aromatic heterocycles. The minimum absolute atomic E-state index is 0.625. The van der Waals surface area contributed by atoms with E-state index in [-0.39, 0.29) is 0 Å². The fourth-order valence-electron chi connectivity index (χ4n) is 2.10. The van der Waals surface area contributed by atoms with Crippen LogP contribution in [0.1, 0.15) is 31.4 Å². The molecule has 0 fully saturated rings. The number of hydrogen-bond acceptors (Lipinski definition) is 2. The van der Waals surface area contributed by atoms with Gasteiger partial charge in [-0.2, -0.15) is 0 Å². The van der Waals surface area contributed by atoms with Gasteiger partial charge in [-0.1, -0.05) is 56.2 Å². The van der Waals surface area contributed by atoms with Crippen molar-refractivity contribution in [1.29, 1.82) is 0 Å². The van der Waals surface area contributed by atoms with Gasteiger partial charge >= 0.3 is 0 Å². The van der Waals surface area contributed by atoms with Gasteiger partial charge in [0.1, 0.15) is 5.75 Å². The quantitative estimate of drug-likeness (QED) is 0.739. The molecular weight excluding hydrogens is 246 g/mol. The SMILES string of the molecule is CCC.Cc1ccc(N2COc3ccccc3C2)cc1. The highest BCUT2D eigenvalue weighted by atomic mass is 16.5. The molecule has 0 bridgehead atoms. The summed E-state index contributed by atoms with van der Waals surface area (Å²) in [6.45, 7) is 7.89. The van der Waals surface area contributed by atoms with Gasteiger partial charge in [-0.25, -0.2) is 0 Å². The van der Waals surface area contributed by atoms with E-state index < -0.39 is 0 Å². The largest absolute Gasteiger partial charge is 0.473 e. The summed E-state index contributed by atoms with van der Waals surface area (Å²) in [6, 6.07) is 16.8. The Kier molecular flexibility index (Phi) is 5.05. The summed E-state index contributed by atoms with van der Waals surface area (Å²) in [5, 5.41) is 0. The maximum absolute atomic E-state index is 5.75. The van der Waals surface area contributed by atoms with Crippen LogP contribution in [-0.4, -0.2) is 6.73 Å². The van der Waals surface area contributed by atoms with Crippen molar-refractivity contribution < 1.29 is 4.74 Å². The predicted molar refractivity (Wildman–Crippen MR) is 85.3 cm³/mol. The van der Waals surface area contributed by atoms with Gasteiger partial charge in [-0.05, 0) is 25.1 Å². The van der Waals surface area contributed by atoms with Gasteiger partial charge in [0, 0.05) is 17.8 Å². The van der Waals surface area contributed by atoms with E-state index in [2.05, 4.69) is 62.1 Å². The van der Waals surface area contributed by atoms with Crippen molar-refractivity contribution in [3.05, 3.63) is 59.7 Å². The monoisotopic (exact) mass is 269 g/mol. The van der Waals surface area contributed by atoms with E-state index >= 15 is 0 Å². The second kappa shape index (κ2) is 6.99. The highest BCUT2D eigenvalue weighted by Crippen LogP contribution is 2.27. The molecule has 0 unspecified atom stereocenters. The summed E-state index contributed by atoms with van der Waals surface area (Å²) in [5.74, 6) is 1.01. The fourth-order valence-corrected chi connectivity index (χ4v) is 2.10. The second-order valence-corrected chi connectivity index (χ2v) is 5.12. The number of ether oxygens (including phenoxy) is 1. The lowest BCUT2D eigenvalue weighted by Crippen LogP contribution is -2.31. The number of para-hydroxylation sites is 1. The first-order valence-corrected chi connectivity index (χ1v) is 7.27. The molecule has 106 valence electrons. The number of fused-ring (bicyclic) bond motifs is 1. The van der Waals surface area contributed by atoms with E-state index in [4.69, 9.17) is 4.74 Å². The van der Waals surface area contributed by atoms with Gasteiger partial charge in [0.2, 0.25) is 0 Å². The van der Waals surface area contributed by atoms with Crippen molar-refractivity contribution in [3.8, 4) is 5.75 Å². The molecule has 3 rings (SSSR count). The van der Waals surface area contributed by atoms with Crippen LogP contribution in [0.4, 0.5) is 5.69 Å². The number of hydrogen-bond donors (Lipinski definition) is 0. The zero-order valence-corrected chi connectivity index (χ0v) is 12.6. The molecule has 1 aliphatic rings. The highest BCUT2D eigenvalue weighted by Gasteiger charge is 2.16. The minimum Gasteiger partial charge on any atom is -0.473 e. The number of rotatable bonds is 1. The summed E-state index contributed by atoms with van der Waals surface area (Å²) in [5.41, 5.74) is 3.75. The molecule has 1 aliphatic heterocycles. The van der Waals surface area contributed by atoms with E-state index in [1.165, 1.54) is 23.2 Å². The molecule has 0 spiro atoms. The molecule has 2 nitrogen and oxygen atoms in total. The molecule has 20 heavy (non-hydrogen) atoms. The van der Waals surface area contributed by atoms with Crippen molar-refractivity contribution in [2.45, 2.75) is 33.7 Å². The molecule has 0 radical (unpaired) electrons. The average Bonchev–Trinajstić information content (AvgIpc) is 2.48. The van der Waals surface area contributed by atoms with Crippen LogP contribution in [0.25, 0.3) is 0 Å². The molecule has 0 saturated heterocycles. The molecule has 0 saturated carbocycles. The van der Waals surface area contributed by atoms with Crippen LogP contribution in [0.3, 0.4) is 0 Å². The first-order chi connectivity index (χ1) is 9.74. The zero-order valence-electron chi connectivity index (χ0n) is 12.6. The Morgan fingerprint density at radius 2 is 1.65 bits per heavy atom. The lowest BCUT2D eigenvalue weighted by molar-refractivity contribution is 0.289. The topological polar surface area (TPSA) is 12.5 Å². The van der Waals surface area contributed by atoms with Crippen LogP contribution in [0.5, 0.6) is 5.75 Å². The predicted octanol–water partition coefficient (Wildman–Crippen LogP) is 4.77. The van der Waals surface area contributed by atoms with Crippen LogP contribution in [0.15, 0.2) is 48.5 Å². The molecule has 2 heteroatoms. The average molecular weight is 269 g/mol. The van der Waals surface area contributed by atoms with Crippen molar-refractivity contribution in [3.63, 3.8) is 0 Å². The Hall–Kier alpha value is -1.96. The third-order valence-corrected chi connectivity index (χ3v) is 3.11. The summed E-state index contributed by atoms with van der Waals surface area (Å²) < 4.78 is 5.75. The zero-order chi connectivity index (χ0) is 14.4. The summed E-state index contributed by atoms with van der Waals surface area (Å²) in [6.07, 6.45) is 1.25. The molecule has 0 amide bonds. The Morgan fingerprint density at radius 3 is 2.35 bits per heavy atom. The fraction of sp³-hybridized carbons (Fsp3) is 0.333. The molecule has 0 N–H and O–H groups in total. The van der Waals surface area contributed by atoms with Crippen LogP contribution < -0.4 is 9.64 Å². The third-order valence-electron chi connectivity index (χ3n) is 3.11. The van der Waals surface area contributed by atoms with Crippen molar-refractivity contribution in [2.24, 2.45) is 0 Å². The molecule has 2 aromatic rings. The Labute approximate surface area is 122 Å². The van der Waals surface area contributed by atoms with Gasteiger partial charge in [0.25, 0.3) is 0 Å². The third kappa shape index (κ3) is 3.53. The smallest absolute Gasteiger partial charge is 0.161 e. The number of anilines is 1. The first kappa shape index (κ1) is 14.4. The van der Waals surface area contributed by atoms with Gasteiger partial charge in [-0.15, -0.1) is 0 Å². The van der Waals surface area contributed by atoms with Gasteiger partial charge in [-0.3, -0.25) is 0 Å². The highest BCUT2D eigenvalue weighted by molar-refractivity contribution is 5.50. The maximum Gasteiger partial charge on any atom is 0.161 e. The Bertz CT molecular complexity index is 533. The van der Waals surface area contributed by atoms with Gasteiger partial charge < -0.3 is 9.64 Å². The standard InChI is InChI=1S/C15H15NO.C3H8/c1-12-6-8-14(9-7-12)16-10-13-4-2-3-5-15(13)17-11-16;1-3-2/h2-9H,10-11H2,1H3;3H2,1-2H3. The first-order valence-electron chi connectivity index (χ1n) is 7.27. The molecule has 0 aliphatic carbocycles. The molecular formula is C18H23NO. The molecule has 2 aromatic carbocycles. The van der Waals surface area contributed by atoms with E-state index in [1.54, 1.807) is 0 Å². The van der Waals surface area contributed by atoms with Crippen LogP contribution in [0.2, 0.25) is 0 Å². The molecule has 0 atom stereocenters. The normalized spacial score (nSPS) is 12.8. The lowest BCUT2D eigenvalue weighted by atomic mass is 10.1.